The van der Waals surface area contributed by atoms with Crippen molar-refractivity contribution in [2.75, 3.05) is 45.2 Å². The normalized spacial score (nSPS) is 16.7. The number of nitrogens with zero attached hydrogens (tertiary/aromatic N) is 2. The second-order valence-electron chi connectivity index (χ2n) is 6.69. The Kier molecular flexibility index (Phi) is 10.3. The minimum Gasteiger partial charge on any atom is -0.495 e. The van der Waals surface area contributed by atoms with Gasteiger partial charge in [0.25, 0.3) is 0 Å². The van der Waals surface area contributed by atoms with Crippen LogP contribution in [0.2, 0.25) is 0 Å². The molecule has 1 amide bonds. The molecular weight excluding hydrogens is 457 g/mol. The highest BCUT2D eigenvalue weighted by Gasteiger charge is 2.25. The van der Waals surface area contributed by atoms with Crippen molar-refractivity contribution in [3.05, 3.63) is 24.3 Å². The zero-order chi connectivity index (χ0) is 18.9. The largest absolute Gasteiger partial charge is 0.495 e. The summed E-state index contributed by atoms with van der Waals surface area (Å²) in [6.07, 6.45) is 1.03. The SMILES string of the molecule is CN=C(NCCNC(=O)C(C)C)NC1CCN(c2ccccc2OC)C1.I. The van der Waals surface area contributed by atoms with Gasteiger partial charge in [0.15, 0.2) is 5.96 Å². The lowest BCUT2D eigenvalue weighted by Crippen LogP contribution is -2.46. The van der Waals surface area contributed by atoms with Gasteiger partial charge in [-0.2, -0.15) is 0 Å². The predicted octanol–water partition coefficient (Wildman–Crippen LogP) is 1.83. The number of methoxy groups -OCH3 is 1. The molecule has 1 aromatic carbocycles. The van der Waals surface area contributed by atoms with Crippen LogP contribution < -0.4 is 25.6 Å². The Labute approximate surface area is 179 Å². The number of rotatable bonds is 7. The van der Waals surface area contributed by atoms with E-state index in [2.05, 4.69) is 31.9 Å². The second-order valence-corrected chi connectivity index (χ2v) is 6.69. The first kappa shape index (κ1) is 23.3. The van der Waals surface area contributed by atoms with Crippen molar-refractivity contribution >= 4 is 41.5 Å². The number of halogens is 1. The molecule has 1 aliphatic rings. The van der Waals surface area contributed by atoms with Crippen LogP contribution in [0.4, 0.5) is 5.69 Å². The highest BCUT2D eigenvalue weighted by atomic mass is 127. The zero-order valence-corrected chi connectivity index (χ0v) is 18.9. The van der Waals surface area contributed by atoms with Crippen LogP contribution in [-0.4, -0.2) is 58.2 Å². The molecule has 7 nitrogen and oxygen atoms in total. The number of guanidine groups is 1. The van der Waals surface area contributed by atoms with Gasteiger partial charge in [0, 0.05) is 45.2 Å². The molecule has 0 aromatic heterocycles. The number of aliphatic imine (C=N–C) groups is 1. The molecule has 1 fully saturated rings. The molecule has 3 N–H and O–H groups in total. The maximum absolute atomic E-state index is 11.6. The number of benzene rings is 1. The van der Waals surface area contributed by atoms with Crippen molar-refractivity contribution in [1.82, 2.24) is 16.0 Å². The fraction of sp³-hybridized carbons (Fsp3) is 0.579. The molecule has 1 heterocycles. The van der Waals surface area contributed by atoms with E-state index in [-0.39, 0.29) is 35.8 Å². The van der Waals surface area contributed by atoms with Gasteiger partial charge >= 0.3 is 0 Å². The summed E-state index contributed by atoms with van der Waals surface area (Å²) in [5, 5.41) is 9.60. The molecule has 1 aromatic rings. The Hall–Kier alpha value is -1.71. The molecule has 0 aliphatic carbocycles. The van der Waals surface area contributed by atoms with E-state index in [0.29, 0.717) is 19.1 Å². The van der Waals surface area contributed by atoms with Crippen LogP contribution >= 0.6 is 24.0 Å². The first-order valence-corrected chi connectivity index (χ1v) is 9.18. The molecule has 0 bridgehead atoms. The molecule has 27 heavy (non-hydrogen) atoms. The van der Waals surface area contributed by atoms with Crippen LogP contribution in [0.1, 0.15) is 20.3 Å². The maximum Gasteiger partial charge on any atom is 0.222 e. The summed E-state index contributed by atoms with van der Waals surface area (Å²) >= 11 is 0. The molecule has 2 rings (SSSR count). The van der Waals surface area contributed by atoms with Gasteiger partial charge in [-0.3, -0.25) is 9.79 Å². The fourth-order valence-corrected chi connectivity index (χ4v) is 2.95. The van der Waals surface area contributed by atoms with E-state index in [1.54, 1.807) is 14.2 Å². The average molecular weight is 489 g/mol. The van der Waals surface area contributed by atoms with Gasteiger partial charge in [-0.15, -0.1) is 24.0 Å². The van der Waals surface area contributed by atoms with Gasteiger partial charge in [0.1, 0.15) is 5.75 Å². The van der Waals surface area contributed by atoms with Crippen molar-refractivity contribution in [3.63, 3.8) is 0 Å². The number of hydrogen-bond donors (Lipinski definition) is 3. The van der Waals surface area contributed by atoms with Crippen molar-refractivity contribution in [2.45, 2.75) is 26.3 Å². The molecule has 0 spiro atoms. The van der Waals surface area contributed by atoms with Crippen LogP contribution in [0.3, 0.4) is 0 Å². The molecule has 1 atom stereocenters. The number of ether oxygens (including phenoxy) is 1. The van der Waals surface area contributed by atoms with Gasteiger partial charge in [0.05, 0.1) is 12.8 Å². The van der Waals surface area contributed by atoms with Gasteiger partial charge in [0.2, 0.25) is 5.91 Å². The highest BCUT2D eigenvalue weighted by molar-refractivity contribution is 14.0. The van der Waals surface area contributed by atoms with Gasteiger partial charge in [-0.1, -0.05) is 26.0 Å². The number of para-hydroxylation sites is 2. The van der Waals surface area contributed by atoms with E-state index in [1.165, 1.54) is 0 Å². The van der Waals surface area contributed by atoms with E-state index in [9.17, 15) is 4.79 Å². The number of amides is 1. The van der Waals surface area contributed by atoms with E-state index in [0.717, 1.165) is 36.9 Å². The van der Waals surface area contributed by atoms with Crippen molar-refractivity contribution < 1.29 is 9.53 Å². The zero-order valence-electron chi connectivity index (χ0n) is 16.6. The smallest absolute Gasteiger partial charge is 0.222 e. The Bertz CT molecular complexity index is 624. The first-order valence-electron chi connectivity index (χ1n) is 9.18. The lowest BCUT2D eigenvalue weighted by Gasteiger charge is -2.22. The quantitative estimate of drug-likeness (QED) is 0.236. The minimum absolute atomic E-state index is 0. The van der Waals surface area contributed by atoms with Crippen LogP contribution in [0.25, 0.3) is 0 Å². The second kappa shape index (κ2) is 11.9. The minimum atomic E-state index is 0. The van der Waals surface area contributed by atoms with Crippen LogP contribution in [0, 0.1) is 5.92 Å². The fourth-order valence-electron chi connectivity index (χ4n) is 2.95. The molecule has 0 saturated carbocycles. The third-order valence-corrected chi connectivity index (χ3v) is 4.42. The average Bonchev–Trinajstić information content (AvgIpc) is 3.12. The third-order valence-electron chi connectivity index (χ3n) is 4.42. The molecule has 1 aliphatic heterocycles. The lowest BCUT2D eigenvalue weighted by molar-refractivity contribution is -0.123. The molecular formula is C19H32IN5O2. The number of hydrogen-bond acceptors (Lipinski definition) is 4. The van der Waals surface area contributed by atoms with Crippen molar-refractivity contribution in [1.29, 1.82) is 0 Å². The summed E-state index contributed by atoms with van der Waals surface area (Å²) in [7, 11) is 3.46. The van der Waals surface area contributed by atoms with E-state index < -0.39 is 0 Å². The summed E-state index contributed by atoms with van der Waals surface area (Å²) in [6.45, 7) is 6.86. The van der Waals surface area contributed by atoms with E-state index in [1.807, 2.05) is 32.0 Å². The molecule has 0 radical (unpaired) electrons. The van der Waals surface area contributed by atoms with Crippen molar-refractivity contribution in [2.24, 2.45) is 10.9 Å². The number of carbonyl (C=O) groups excluding carboxylic acids is 1. The summed E-state index contributed by atoms with van der Waals surface area (Å²) in [5.74, 6) is 1.73. The van der Waals surface area contributed by atoms with Crippen LogP contribution in [0.5, 0.6) is 5.75 Å². The topological polar surface area (TPSA) is 78.0 Å². The first-order chi connectivity index (χ1) is 12.5. The summed E-state index contributed by atoms with van der Waals surface area (Å²) < 4.78 is 5.46. The monoisotopic (exact) mass is 489 g/mol. The van der Waals surface area contributed by atoms with Gasteiger partial charge < -0.3 is 25.6 Å². The van der Waals surface area contributed by atoms with Gasteiger partial charge in [-0.05, 0) is 18.6 Å². The van der Waals surface area contributed by atoms with Crippen molar-refractivity contribution in [3.8, 4) is 5.75 Å². The van der Waals surface area contributed by atoms with Crippen LogP contribution in [0.15, 0.2) is 29.3 Å². The number of carbonyl (C=O) groups is 1. The van der Waals surface area contributed by atoms with Gasteiger partial charge in [-0.25, -0.2) is 0 Å². The number of anilines is 1. The van der Waals surface area contributed by atoms with Crippen LogP contribution in [-0.2, 0) is 4.79 Å². The number of nitrogens with one attached hydrogen (secondary N) is 3. The molecule has 1 saturated heterocycles. The molecule has 1 unspecified atom stereocenters. The third kappa shape index (κ3) is 7.08. The highest BCUT2D eigenvalue weighted by Crippen LogP contribution is 2.30. The molecule has 152 valence electrons. The van der Waals surface area contributed by atoms with E-state index in [4.69, 9.17) is 4.74 Å². The Morgan fingerprint density at radius 2 is 2.00 bits per heavy atom. The Morgan fingerprint density at radius 1 is 1.30 bits per heavy atom. The summed E-state index contributed by atoms with van der Waals surface area (Å²) in [4.78, 5) is 18.2. The summed E-state index contributed by atoms with van der Waals surface area (Å²) in [5.41, 5.74) is 1.12. The maximum atomic E-state index is 11.6. The lowest BCUT2D eigenvalue weighted by atomic mass is 10.2. The predicted molar refractivity (Wildman–Crippen MR) is 121 cm³/mol. The standard InChI is InChI=1S/C19H31N5O2.HI/c1-14(2)18(25)21-10-11-22-19(20-3)23-15-9-12-24(13-15)16-7-5-6-8-17(16)26-4;/h5-8,14-15H,9-13H2,1-4H3,(H,21,25)(H2,20,22,23);1H. The van der Waals surface area contributed by atoms with E-state index >= 15 is 0 Å². The Morgan fingerprint density at radius 3 is 2.67 bits per heavy atom. The Balaban J connectivity index is 0.00000364. The summed E-state index contributed by atoms with van der Waals surface area (Å²) in [6, 6.07) is 8.41. The molecule has 8 heteroatoms.